The molecule has 2 aromatic carbocycles. The second-order valence-electron chi connectivity index (χ2n) is 6.42. The molecule has 4 nitrogen and oxygen atoms in total. The SMILES string of the molecule is COc1ccc2oc(C(=O)Nc3cccc(C4SCCCS4)c3)c(C)c2c1. The van der Waals surface area contributed by atoms with Crippen LogP contribution in [0, 0.1) is 6.92 Å². The number of aryl methyl sites for hydroxylation is 1. The van der Waals surface area contributed by atoms with Crippen LogP contribution in [-0.4, -0.2) is 24.5 Å². The third-order valence-corrected chi connectivity index (χ3v) is 7.61. The Bertz CT molecular complexity index is 977. The van der Waals surface area contributed by atoms with Crippen LogP contribution in [0.3, 0.4) is 0 Å². The van der Waals surface area contributed by atoms with E-state index in [4.69, 9.17) is 9.15 Å². The first-order valence-electron chi connectivity index (χ1n) is 8.87. The summed E-state index contributed by atoms with van der Waals surface area (Å²) in [7, 11) is 1.63. The molecule has 4 rings (SSSR count). The summed E-state index contributed by atoms with van der Waals surface area (Å²) in [5.74, 6) is 3.23. The number of thioether (sulfide) groups is 2. The molecule has 3 aromatic rings. The minimum absolute atomic E-state index is 0.233. The molecule has 1 aromatic heterocycles. The molecule has 0 spiro atoms. The Labute approximate surface area is 167 Å². The summed E-state index contributed by atoms with van der Waals surface area (Å²) >= 11 is 3.94. The van der Waals surface area contributed by atoms with Crippen molar-refractivity contribution in [2.24, 2.45) is 0 Å². The molecule has 0 saturated carbocycles. The van der Waals surface area contributed by atoms with E-state index in [9.17, 15) is 4.79 Å². The first kappa shape index (κ1) is 18.3. The number of benzene rings is 2. The van der Waals surface area contributed by atoms with Gasteiger partial charge in [0.25, 0.3) is 5.91 Å². The van der Waals surface area contributed by atoms with Crippen molar-refractivity contribution in [1.29, 1.82) is 0 Å². The van der Waals surface area contributed by atoms with E-state index in [1.54, 1.807) is 7.11 Å². The van der Waals surface area contributed by atoms with E-state index in [1.165, 1.54) is 23.5 Å². The number of fused-ring (bicyclic) bond motifs is 1. The topological polar surface area (TPSA) is 51.5 Å². The van der Waals surface area contributed by atoms with Crippen LogP contribution in [0.15, 0.2) is 46.9 Å². The van der Waals surface area contributed by atoms with Crippen LogP contribution >= 0.6 is 23.5 Å². The summed E-state index contributed by atoms with van der Waals surface area (Å²) in [6.07, 6.45) is 1.26. The molecule has 1 aliphatic rings. The highest BCUT2D eigenvalue weighted by atomic mass is 32.2. The largest absolute Gasteiger partial charge is 0.497 e. The number of ether oxygens (including phenoxy) is 1. The van der Waals surface area contributed by atoms with Crippen LogP contribution in [-0.2, 0) is 0 Å². The van der Waals surface area contributed by atoms with Gasteiger partial charge in [0.1, 0.15) is 11.3 Å². The van der Waals surface area contributed by atoms with Crippen LogP contribution in [0.2, 0.25) is 0 Å². The number of carbonyl (C=O) groups excluding carboxylic acids is 1. The number of anilines is 1. The normalized spacial score (nSPS) is 15.0. The monoisotopic (exact) mass is 399 g/mol. The second-order valence-corrected chi connectivity index (χ2v) is 9.15. The average Bonchev–Trinajstić information content (AvgIpc) is 3.05. The maximum Gasteiger partial charge on any atom is 0.291 e. The van der Waals surface area contributed by atoms with Gasteiger partial charge in [-0.05, 0) is 60.7 Å². The maximum atomic E-state index is 12.8. The van der Waals surface area contributed by atoms with Gasteiger partial charge in [0.2, 0.25) is 0 Å². The zero-order valence-corrected chi connectivity index (χ0v) is 16.9. The lowest BCUT2D eigenvalue weighted by atomic mass is 10.1. The molecule has 0 aliphatic carbocycles. The maximum absolute atomic E-state index is 12.8. The predicted octanol–water partition coefficient (Wildman–Crippen LogP) is 5.87. The summed E-state index contributed by atoms with van der Waals surface area (Å²) in [5.41, 5.74) is 3.54. The van der Waals surface area contributed by atoms with Gasteiger partial charge in [-0.3, -0.25) is 4.79 Å². The van der Waals surface area contributed by atoms with Crippen molar-refractivity contribution < 1.29 is 13.9 Å². The molecule has 1 saturated heterocycles. The van der Waals surface area contributed by atoms with Gasteiger partial charge in [-0.2, -0.15) is 0 Å². The first-order chi connectivity index (χ1) is 13.2. The fraction of sp³-hybridized carbons (Fsp3) is 0.286. The lowest BCUT2D eigenvalue weighted by Crippen LogP contribution is -2.12. The minimum atomic E-state index is -0.233. The van der Waals surface area contributed by atoms with Crippen LogP contribution in [0.5, 0.6) is 5.75 Å². The van der Waals surface area contributed by atoms with Crippen LogP contribution in [0.4, 0.5) is 5.69 Å². The number of hydrogen-bond donors (Lipinski definition) is 1. The van der Waals surface area contributed by atoms with Crippen molar-refractivity contribution in [3.8, 4) is 5.75 Å². The third-order valence-electron chi connectivity index (χ3n) is 4.59. The van der Waals surface area contributed by atoms with Crippen LogP contribution < -0.4 is 10.1 Å². The molecule has 1 N–H and O–H groups in total. The van der Waals surface area contributed by atoms with E-state index in [0.29, 0.717) is 15.9 Å². The summed E-state index contributed by atoms with van der Waals surface area (Å²) < 4.78 is 11.5. The molecular formula is C21H21NO3S2. The highest BCUT2D eigenvalue weighted by Crippen LogP contribution is 2.44. The summed E-state index contributed by atoms with van der Waals surface area (Å²) in [4.78, 5) is 12.8. The number of methoxy groups -OCH3 is 1. The number of amides is 1. The highest BCUT2D eigenvalue weighted by Gasteiger charge is 2.20. The van der Waals surface area contributed by atoms with E-state index in [0.717, 1.165) is 22.4 Å². The highest BCUT2D eigenvalue weighted by molar-refractivity contribution is 8.16. The molecule has 0 atom stereocenters. The van der Waals surface area contributed by atoms with Crippen molar-refractivity contribution in [3.63, 3.8) is 0 Å². The lowest BCUT2D eigenvalue weighted by Gasteiger charge is -2.21. The minimum Gasteiger partial charge on any atom is -0.497 e. The average molecular weight is 400 g/mol. The van der Waals surface area contributed by atoms with E-state index in [2.05, 4.69) is 17.4 Å². The van der Waals surface area contributed by atoms with Gasteiger partial charge < -0.3 is 14.5 Å². The zero-order chi connectivity index (χ0) is 18.8. The van der Waals surface area contributed by atoms with Gasteiger partial charge in [-0.25, -0.2) is 0 Å². The van der Waals surface area contributed by atoms with Crippen molar-refractivity contribution >= 4 is 46.1 Å². The Kier molecular flexibility index (Phi) is 5.36. The molecule has 140 valence electrons. The molecular weight excluding hydrogens is 378 g/mol. The number of hydrogen-bond acceptors (Lipinski definition) is 5. The van der Waals surface area contributed by atoms with Gasteiger partial charge in [-0.15, -0.1) is 23.5 Å². The van der Waals surface area contributed by atoms with E-state index < -0.39 is 0 Å². The zero-order valence-electron chi connectivity index (χ0n) is 15.3. The molecule has 1 fully saturated rings. The lowest BCUT2D eigenvalue weighted by molar-refractivity contribution is 0.0998. The smallest absolute Gasteiger partial charge is 0.291 e. The Balaban J connectivity index is 1.57. The van der Waals surface area contributed by atoms with E-state index in [-0.39, 0.29) is 5.91 Å². The molecule has 0 bridgehead atoms. The summed E-state index contributed by atoms with van der Waals surface area (Å²) in [6, 6.07) is 13.7. The number of carbonyl (C=O) groups is 1. The van der Waals surface area contributed by atoms with Crippen molar-refractivity contribution in [2.75, 3.05) is 23.9 Å². The van der Waals surface area contributed by atoms with Crippen LogP contribution in [0.25, 0.3) is 11.0 Å². The predicted molar refractivity (Wildman–Crippen MR) is 114 cm³/mol. The standard InChI is InChI=1S/C21H21NO3S2/c1-13-17-12-16(24-2)7-8-18(17)25-19(13)20(23)22-15-6-3-5-14(11-15)21-26-9-4-10-27-21/h3,5-8,11-12,21H,4,9-10H2,1-2H3,(H,22,23). The van der Waals surface area contributed by atoms with Crippen molar-refractivity contribution in [2.45, 2.75) is 17.9 Å². The summed E-state index contributed by atoms with van der Waals surface area (Å²) in [5, 5.41) is 3.88. The number of furan rings is 1. The second kappa shape index (κ2) is 7.90. The molecule has 1 aliphatic heterocycles. The fourth-order valence-corrected chi connectivity index (χ4v) is 6.05. The van der Waals surface area contributed by atoms with E-state index in [1.807, 2.05) is 60.8 Å². The van der Waals surface area contributed by atoms with E-state index >= 15 is 0 Å². The van der Waals surface area contributed by atoms with Gasteiger partial charge >= 0.3 is 0 Å². The quantitative estimate of drug-likeness (QED) is 0.594. The first-order valence-corrected chi connectivity index (χ1v) is 11.0. The third kappa shape index (κ3) is 3.82. The molecule has 2 heterocycles. The molecule has 0 unspecified atom stereocenters. The number of rotatable bonds is 4. The van der Waals surface area contributed by atoms with Crippen molar-refractivity contribution in [3.05, 3.63) is 59.4 Å². The van der Waals surface area contributed by atoms with Crippen molar-refractivity contribution in [1.82, 2.24) is 0 Å². The van der Waals surface area contributed by atoms with Crippen LogP contribution in [0.1, 0.15) is 32.7 Å². The fourth-order valence-electron chi connectivity index (χ4n) is 3.17. The van der Waals surface area contributed by atoms with Gasteiger partial charge in [0.15, 0.2) is 5.76 Å². The number of nitrogens with one attached hydrogen (secondary N) is 1. The van der Waals surface area contributed by atoms with Gasteiger partial charge in [0, 0.05) is 16.6 Å². The molecule has 0 radical (unpaired) electrons. The summed E-state index contributed by atoms with van der Waals surface area (Å²) in [6.45, 7) is 1.89. The Morgan fingerprint density at radius 1 is 1.19 bits per heavy atom. The van der Waals surface area contributed by atoms with Gasteiger partial charge in [0.05, 0.1) is 11.7 Å². The molecule has 6 heteroatoms. The Morgan fingerprint density at radius 2 is 2.00 bits per heavy atom. The Hall–Kier alpha value is -2.05. The van der Waals surface area contributed by atoms with Gasteiger partial charge in [-0.1, -0.05) is 12.1 Å². The molecule has 27 heavy (non-hydrogen) atoms. The Morgan fingerprint density at radius 3 is 2.78 bits per heavy atom. The molecule has 1 amide bonds.